The van der Waals surface area contributed by atoms with Crippen LogP contribution in [0, 0.1) is 0 Å². The van der Waals surface area contributed by atoms with Gasteiger partial charge in [0.15, 0.2) is 0 Å². The van der Waals surface area contributed by atoms with Gasteiger partial charge in [0.1, 0.15) is 0 Å². The van der Waals surface area contributed by atoms with Gasteiger partial charge in [0.2, 0.25) is 0 Å². The number of carbonyl (C=O) groups is 1. The highest BCUT2D eigenvalue weighted by atomic mass is 32.1. The van der Waals surface area contributed by atoms with Gasteiger partial charge in [0.05, 0.1) is 29.5 Å². The Bertz CT molecular complexity index is 576. The SMILES string of the molecule is O=C(Nc1cnn(C[C@H]2CCCCO2)c1)Nc1cccs1. The Balaban J connectivity index is 1.51. The van der Waals surface area contributed by atoms with E-state index in [0.717, 1.165) is 31.0 Å². The average molecular weight is 306 g/mol. The van der Waals surface area contributed by atoms with Crippen LogP contribution >= 0.6 is 11.3 Å². The monoisotopic (exact) mass is 306 g/mol. The second-order valence-corrected chi connectivity index (χ2v) is 5.94. The molecule has 3 heterocycles. The van der Waals surface area contributed by atoms with Gasteiger partial charge in [-0.3, -0.25) is 10.00 Å². The lowest BCUT2D eigenvalue weighted by molar-refractivity contribution is 0.00401. The van der Waals surface area contributed by atoms with E-state index in [-0.39, 0.29) is 12.1 Å². The number of carbonyl (C=O) groups excluding carboxylic acids is 1. The van der Waals surface area contributed by atoms with E-state index in [4.69, 9.17) is 4.74 Å². The standard InChI is InChI=1S/C14H18N4O2S/c19-14(17-13-5-3-7-21-13)16-11-8-15-18(9-11)10-12-4-1-2-6-20-12/h3,5,7-9,12H,1-2,4,6,10H2,(H2,16,17,19)/t12-/m1/s1. The first-order valence-electron chi connectivity index (χ1n) is 7.05. The maximum absolute atomic E-state index is 11.8. The fourth-order valence-electron chi connectivity index (χ4n) is 2.31. The van der Waals surface area contributed by atoms with Crippen molar-refractivity contribution in [2.24, 2.45) is 0 Å². The van der Waals surface area contributed by atoms with Gasteiger partial charge in [-0.15, -0.1) is 11.3 Å². The molecule has 2 aromatic rings. The highest BCUT2D eigenvalue weighted by molar-refractivity contribution is 7.14. The zero-order valence-electron chi connectivity index (χ0n) is 11.6. The number of thiophene rings is 1. The molecule has 2 amide bonds. The summed E-state index contributed by atoms with van der Waals surface area (Å²) in [5.41, 5.74) is 0.680. The molecule has 0 aromatic carbocycles. The number of anilines is 2. The Hall–Kier alpha value is -1.86. The largest absolute Gasteiger partial charge is 0.376 e. The molecule has 0 bridgehead atoms. The molecule has 2 N–H and O–H groups in total. The minimum Gasteiger partial charge on any atom is -0.376 e. The van der Waals surface area contributed by atoms with Crippen LogP contribution in [0.1, 0.15) is 19.3 Å². The maximum Gasteiger partial charge on any atom is 0.324 e. The first-order chi connectivity index (χ1) is 10.3. The number of nitrogens with zero attached hydrogens (tertiary/aromatic N) is 2. The van der Waals surface area contributed by atoms with E-state index in [2.05, 4.69) is 15.7 Å². The van der Waals surface area contributed by atoms with E-state index < -0.39 is 0 Å². The van der Waals surface area contributed by atoms with Gasteiger partial charge in [-0.2, -0.15) is 5.10 Å². The summed E-state index contributed by atoms with van der Waals surface area (Å²) in [4.78, 5) is 11.8. The van der Waals surface area contributed by atoms with Crippen molar-refractivity contribution in [3.63, 3.8) is 0 Å². The van der Waals surface area contributed by atoms with Gasteiger partial charge in [0.25, 0.3) is 0 Å². The molecule has 1 fully saturated rings. The first kappa shape index (κ1) is 14.1. The molecule has 7 heteroatoms. The summed E-state index contributed by atoms with van der Waals surface area (Å²) in [6, 6.07) is 3.49. The zero-order chi connectivity index (χ0) is 14.5. The highest BCUT2D eigenvalue weighted by Crippen LogP contribution is 2.17. The molecular formula is C14H18N4O2S. The molecule has 1 aliphatic rings. The fourth-order valence-corrected chi connectivity index (χ4v) is 2.92. The quantitative estimate of drug-likeness (QED) is 0.911. The maximum atomic E-state index is 11.8. The topological polar surface area (TPSA) is 68.2 Å². The second-order valence-electron chi connectivity index (χ2n) is 5.00. The lowest BCUT2D eigenvalue weighted by Crippen LogP contribution is -2.24. The number of urea groups is 1. The van der Waals surface area contributed by atoms with Gasteiger partial charge < -0.3 is 10.1 Å². The number of hydrogen-bond acceptors (Lipinski definition) is 4. The summed E-state index contributed by atoms with van der Waals surface area (Å²) in [5.74, 6) is 0. The van der Waals surface area contributed by atoms with Crippen LogP contribution in [0.25, 0.3) is 0 Å². The van der Waals surface area contributed by atoms with E-state index in [0.29, 0.717) is 5.69 Å². The summed E-state index contributed by atoms with van der Waals surface area (Å²) < 4.78 is 7.50. The highest BCUT2D eigenvalue weighted by Gasteiger charge is 2.15. The Morgan fingerprint density at radius 3 is 3.19 bits per heavy atom. The molecule has 0 spiro atoms. The van der Waals surface area contributed by atoms with Crippen LogP contribution in [0.2, 0.25) is 0 Å². The summed E-state index contributed by atoms with van der Waals surface area (Å²) in [6.07, 6.45) is 7.13. The summed E-state index contributed by atoms with van der Waals surface area (Å²) in [7, 11) is 0. The number of amides is 2. The smallest absolute Gasteiger partial charge is 0.324 e. The van der Waals surface area contributed by atoms with Gasteiger partial charge in [-0.05, 0) is 36.8 Å². The minimum absolute atomic E-state index is 0.228. The average Bonchev–Trinajstić information content (AvgIpc) is 3.12. The third kappa shape index (κ3) is 4.05. The number of hydrogen-bond donors (Lipinski definition) is 2. The first-order valence-corrected chi connectivity index (χ1v) is 7.93. The van der Waals surface area contributed by atoms with Crippen LogP contribution in [-0.4, -0.2) is 28.5 Å². The van der Waals surface area contributed by atoms with Crippen molar-refractivity contribution in [2.45, 2.75) is 31.9 Å². The predicted molar refractivity (Wildman–Crippen MR) is 82.8 cm³/mol. The molecule has 0 aliphatic carbocycles. The molecule has 6 nitrogen and oxygen atoms in total. The Labute approximate surface area is 127 Å². The lowest BCUT2D eigenvalue weighted by Gasteiger charge is -2.22. The molecule has 112 valence electrons. The van der Waals surface area contributed by atoms with Gasteiger partial charge in [-0.25, -0.2) is 4.79 Å². The molecule has 0 unspecified atom stereocenters. The van der Waals surface area contributed by atoms with Crippen molar-refractivity contribution in [3.8, 4) is 0 Å². The molecule has 2 aromatic heterocycles. The van der Waals surface area contributed by atoms with Crippen molar-refractivity contribution in [1.82, 2.24) is 9.78 Å². The van der Waals surface area contributed by atoms with Gasteiger partial charge >= 0.3 is 6.03 Å². The number of ether oxygens (including phenoxy) is 1. The zero-order valence-corrected chi connectivity index (χ0v) is 12.4. The molecule has 0 radical (unpaired) electrons. The number of rotatable bonds is 4. The lowest BCUT2D eigenvalue weighted by atomic mass is 10.1. The summed E-state index contributed by atoms with van der Waals surface area (Å²) >= 11 is 1.48. The van der Waals surface area contributed by atoms with E-state index in [9.17, 15) is 4.79 Å². The predicted octanol–water partition coefficient (Wildman–Crippen LogP) is 3.16. The third-order valence-corrected chi connectivity index (χ3v) is 4.10. The van der Waals surface area contributed by atoms with Crippen LogP contribution in [0.15, 0.2) is 29.9 Å². The van der Waals surface area contributed by atoms with Crippen molar-refractivity contribution >= 4 is 28.1 Å². The summed E-state index contributed by atoms with van der Waals surface area (Å²) in [5, 5.41) is 12.5. The number of nitrogens with one attached hydrogen (secondary N) is 2. The van der Waals surface area contributed by atoms with Crippen LogP contribution < -0.4 is 10.6 Å². The van der Waals surface area contributed by atoms with Gasteiger partial charge in [0, 0.05) is 12.8 Å². The third-order valence-electron chi connectivity index (χ3n) is 3.31. The minimum atomic E-state index is -0.258. The van der Waals surface area contributed by atoms with Crippen LogP contribution in [0.4, 0.5) is 15.5 Å². The van der Waals surface area contributed by atoms with Crippen LogP contribution in [0.3, 0.4) is 0 Å². The fraction of sp³-hybridized carbons (Fsp3) is 0.429. The normalized spacial score (nSPS) is 18.4. The molecule has 0 saturated carbocycles. The van der Waals surface area contributed by atoms with E-state index >= 15 is 0 Å². The molecule has 1 saturated heterocycles. The number of aromatic nitrogens is 2. The Morgan fingerprint density at radius 1 is 1.48 bits per heavy atom. The molecule has 3 rings (SSSR count). The molecule has 1 aliphatic heterocycles. The second kappa shape index (κ2) is 6.73. The van der Waals surface area contributed by atoms with Crippen molar-refractivity contribution in [2.75, 3.05) is 17.2 Å². The van der Waals surface area contributed by atoms with Crippen molar-refractivity contribution < 1.29 is 9.53 Å². The van der Waals surface area contributed by atoms with Crippen LogP contribution in [0.5, 0.6) is 0 Å². The van der Waals surface area contributed by atoms with Crippen LogP contribution in [-0.2, 0) is 11.3 Å². The van der Waals surface area contributed by atoms with E-state index in [1.165, 1.54) is 17.8 Å². The van der Waals surface area contributed by atoms with Crippen molar-refractivity contribution in [3.05, 3.63) is 29.9 Å². The molecule has 1 atom stereocenters. The Kier molecular flexibility index (Phi) is 4.52. The van der Waals surface area contributed by atoms with E-state index in [1.54, 1.807) is 6.20 Å². The molecule has 21 heavy (non-hydrogen) atoms. The summed E-state index contributed by atoms with van der Waals surface area (Å²) in [6.45, 7) is 1.56. The van der Waals surface area contributed by atoms with Crippen molar-refractivity contribution in [1.29, 1.82) is 0 Å². The Morgan fingerprint density at radius 2 is 2.43 bits per heavy atom. The van der Waals surface area contributed by atoms with Gasteiger partial charge in [-0.1, -0.05) is 0 Å². The molecular weight excluding hydrogens is 288 g/mol. The van der Waals surface area contributed by atoms with E-state index in [1.807, 2.05) is 28.4 Å².